The monoisotopic (exact) mass is 439 g/mol. The molecule has 1 saturated heterocycles. The first-order valence-corrected chi connectivity index (χ1v) is 11.4. The van der Waals surface area contributed by atoms with Crippen LogP contribution in [0.3, 0.4) is 0 Å². The van der Waals surface area contributed by atoms with Crippen molar-refractivity contribution in [1.82, 2.24) is 24.1 Å². The minimum absolute atomic E-state index is 0.0495. The van der Waals surface area contributed by atoms with Gasteiger partial charge in [-0.25, -0.2) is 15.0 Å². The van der Waals surface area contributed by atoms with E-state index in [-0.39, 0.29) is 11.7 Å². The maximum absolute atomic E-state index is 13.8. The number of ether oxygens (including phenoxy) is 1. The minimum atomic E-state index is -0.0785. The van der Waals surface area contributed by atoms with Crippen LogP contribution in [0.15, 0.2) is 53.3 Å². The van der Waals surface area contributed by atoms with Gasteiger partial charge >= 0.3 is 0 Å². The normalized spacial score (nSPS) is 16.4. The third-order valence-electron chi connectivity index (χ3n) is 6.51. The van der Waals surface area contributed by atoms with Gasteiger partial charge in [0.1, 0.15) is 16.7 Å². The van der Waals surface area contributed by atoms with Gasteiger partial charge in [0.15, 0.2) is 11.3 Å². The van der Waals surface area contributed by atoms with Crippen LogP contribution in [0.5, 0.6) is 0 Å². The Morgan fingerprint density at radius 1 is 0.939 bits per heavy atom. The molecule has 4 heterocycles. The van der Waals surface area contributed by atoms with Crippen LogP contribution in [-0.2, 0) is 17.8 Å². The largest absolute Gasteiger partial charge is 0.376 e. The van der Waals surface area contributed by atoms with E-state index >= 15 is 0 Å². The van der Waals surface area contributed by atoms with E-state index in [0.29, 0.717) is 41.1 Å². The van der Waals surface area contributed by atoms with E-state index in [1.165, 1.54) is 5.56 Å². The van der Waals surface area contributed by atoms with Crippen LogP contribution >= 0.6 is 0 Å². The molecule has 2 aromatic carbocycles. The maximum atomic E-state index is 13.8. The van der Waals surface area contributed by atoms with Gasteiger partial charge in [0.05, 0.1) is 30.2 Å². The van der Waals surface area contributed by atoms with Crippen LogP contribution in [0.1, 0.15) is 29.8 Å². The van der Waals surface area contributed by atoms with Crippen molar-refractivity contribution < 1.29 is 4.74 Å². The fourth-order valence-corrected chi connectivity index (χ4v) is 4.73. The zero-order chi connectivity index (χ0) is 22.5. The highest BCUT2D eigenvalue weighted by Crippen LogP contribution is 2.27. The van der Waals surface area contributed by atoms with Gasteiger partial charge in [-0.05, 0) is 44.4 Å². The summed E-state index contributed by atoms with van der Waals surface area (Å²) in [6, 6.07) is 16.2. The van der Waals surface area contributed by atoms with Crippen molar-refractivity contribution in [1.29, 1.82) is 0 Å². The summed E-state index contributed by atoms with van der Waals surface area (Å²) in [4.78, 5) is 28.5. The van der Waals surface area contributed by atoms with Gasteiger partial charge in [-0.3, -0.25) is 9.36 Å². The second kappa shape index (κ2) is 7.78. The molecule has 1 atom stereocenters. The predicted molar refractivity (Wildman–Crippen MR) is 129 cm³/mol. The summed E-state index contributed by atoms with van der Waals surface area (Å²) in [5.41, 5.74) is 5.74. The molecule has 1 fully saturated rings. The predicted octanol–water partition coefficient (Wildman–Crippen LogP) is 4.14. The Bertz CT molecular complexity index is 1560. The van der Waals surface area contributed by atoms with Crippen molar-refractivity contribution in [3.05, 3.63) is 75.8 Å². The summed E-state index contributed by atoms with van der Waals surface area (Å²) in [5, 5.41) is 0.527. The molecule has 1 aliphatic rings. The molecule has 0 unspecified atom stereocenters. The number of aryl methyl sites for hydroxylation is 2. The van der Waals surface area contributed by atoms with Gasteiger partial charge in [-0.15, -0.1) is 0 Å². The van der Waals surface area contributed by atoms with Crippen LogP contribution in [-0.4, -0.2) is 36.8 Å². The lowest BCUT2D eigenvalue weighted by atomic mass is 10.1. The lowest BCUT2D eigenvalue weighted by molar-refractivity contribution is 0.0955. The Labute approximate surface area is 190 Å². The molecule has 33 heavy (non-hydrogen) atoms. The summed E-state index contributed by atoms with van der Waals surface area (Å²) in [6.07, 6.45) is 2.04. The fraction of sp³-hybridized carbons (Fsp3) is 0.308. The third-order valence-corrected chi connectivity index (χ3v) is 6.51. The van der Waals surface area contributed by atoms with Gasteiger partial charge in [-0.2, -0.15) is 0 Å². The lowest BCUT2D eigenvalue weighted by Crippen LogP contribution is -2.29. The molecule has 6 rings (SSSR count). The molecule has 0 spiro atoms. The Kier molecular flexibility index (Phi) is 4.73. The topological polar surface area (TPSA) is 74.8 Å². The highest BCUT2D eigenvalue weighted by Gasteiger charge is 2.24. The van der Waals surface area contributed by atoms with Crippen LogP contribution in [0.4, 0.5) is 0 Å². The molecule has 0 saturated carbocycles. The highest BCUT2D eigenvalue weighted by molar-refractivity contribution is 6.04. The van der Waals surface area contributed by atoms with Gasteiger partial charge in [0.25, 0.3) is 5.56 Å². The van der Waals surface area contributed by atoms with Crippen LogP contribution < -0.4 is 5.56 Å². The average Bonchev–Trinajstić information content (AvgIpc) is 3.43. The number of para-hydroxylation sites is 2. The molecule has 7 heteroatoms. The molecule has 0 radical (unpaired) electrons. The number of hydrogen-bond acceptors (Lipinski definition) is 5. The third kappa shape index (κ3) is 3.40. The van der Waals surface area contributed by atoms with Crippen molar-refractivity contribution in [3.63, 3.8) is 0 Å². The number of aromatic nitrogens is 5. The van der Waals surface area contributed by atoms with E-state index in [9.17, 15) is 4.79 Å². The molecule has 0 aliphatic carbocycles. The van der Waals surface area contributed by atoms with Gasteiger partial charge in [0.2, 0.25) is 0 Å². The molecule has 7 nitrogen and oxygen atoms in total. The van der Waals surface area contributed by atoms with E-state index in [1.54, 1.807) is 4.57 Å². The second-order valence-electron chi connectivity index (χ2n) is 8.86. The lowest BCUT2D eigenvalue weighted by Gasteiger charge is -2.14. The Morgan fingerprint density at radius 3 is 2.42 bits per heavy atom. The first-order chi connectivity index (χ1) is 16.1. The zero-order valence-electron chi connectivity index (χ0n) is 18.8. The van der Waals surface area contributed by atoms with Crippen LogP contribution in [0.2, 0.25) is 0 Å². The van der Waals surface area contributed by atoms with Gasteiger partial charge in [-0.1, -0.05) is 42.0 Å². The van der Waals surface area contributed by atoms with Gasteiger partial charge < -0.3 is 9.30 Å². The number of rotatable bonds is 4. The van der Waals surface area contributed by atoms with Crippen molar-refractivity contribution in [3.8, 4) is 0 Å². The molecule has 0 bridgehead atoms. The van der Waals surface area contributed by atoms with E-state index in [4.69, 9.17) is 19.7 Å². The van der Waals surface area contributed by atoms with Crippen molar-refractivity contribution >= 4 is 33.2 Å². The summed E-state index contributed by atoms with van der Waals surface area (Å²) >= 11 is 0. The fourth-order valence-electron chi connectivity index (χ4n) is 4.73. The van der Waals surface area contributed by atoms with Crippen molar-refractivity contribution in [2.24, 2.45) is 0 Å². The van der Waals surface area contributed by atoms with E-state index in [2.05, 4.69) is 31.2 Å². The van der Waals surface area contributed by atoms with E-state index < -0.39 is 0 Å². The summed E-state index contributed by atoms with van der Waals surface area (Å²) in [6.45, 7) is 5.79. The summed E-state index contributed by atoms with van der Waals surface area (Å²) in [7, 11) is 0. The first-order valence-electron chi connectivity index (χ1n) is 11.4. The molecule has 0 amide bonds. The van der Waals surface area contributed by atoms with Crippen LogP contribution in [0, 0.1) is 13.8 Å². The minimum Gasteiger partial charge on any atom is -0.376 e. The standard InChI is InChI=1S/C26H25N5O2/c1-16-9-11-18(12-10-16)14-31-24-22(23-25(31)29-21-8-4-3-7-20(21)28-23)26(32)30(17(2)27-24)15-19-6-5-13-33-19/h3-4,7-12,19H,5-6,13-15H2,1-2H3/t19-/m0/s1. The molecule has 3 aromatic heterocycles. The smallest absolute Gasteiger partial charge is 0.265 e. The number of fused-ring (bicyclic) bond motifs is 4. The number of nitrogens with zero attached hydrogens (tertiary/aromatic N) is 5. The van der Waals surface area contributed by atoms with E-state index in [0.717, 1.165) is 36.0 Å². The average molecular weight is 440 g/mol. The quantitative estimate of drug-likeness (QED) is 0.421. The van der Waals surface area contributed by atoms with E-state index in [1.807, 2.05) is 35.8 Å². The highest BCUT2D eigenvalue weighted by atomic mass is 16.5. The molecule has 0 N–H and O–H groups in total. The summed E-state index contributed by atoms with van der Waals surface area (Å²) < 4.78 is 9.57. The maximum Gasteiger partial charge on any atom is 0.265 e. The Hall–Kier alpha value is -3.58. The van der Waals surface area contributed by atoms with Crippen molar-refractivity contribution in [2.75, 3.05) is 6.61 Å². The molecule has 1 aliphatic heterocycles. The number of hydrogen-bond donors (Lipinski definition) is 0. The SMILES string of the molecule is Cc1ccc(Cn2c3nc4ccccc4nc3c3c(=O)n(C[C@@H]4CCCO4)c(C)nc32)cc1. The Morgan fingerprint density at radius 2 is 1.70 bits per heavy atom. The Balaban J connectivity index is 1.63. The zero-order valence-corrected chi connectivity index (χ0v) is 18.8. The number of benzene rings is 2. The van der Waals surface area contributed by atoms with Crippen molar-refractivity contribution in [2.45, 2.75) is 45.9 Å². The summed E-state index contributed by atoms with van der Waals surface area (Å²) in [5.74, 6) is 0.681. The molecular formula is C26H25N5O2. The molecule has 5 aromatic rings. The van der Waals surface area contributed by atoms with Crippen LogP contribution in [0.25, 0.3) is 33.2 Å². The molecule has 166 valence electrons. The first kappa shape index (κ1) is 20.1. The second-order valence-corrected chi connectivity index (χ2v) is 8.86. The molecular weight excluding hydrogens is 414 g/mol. The van der Waals surface area contributed by atoms with Gasteiger partial charge in [0, 0.05) is 6.61 Å².